The van der Waals surface area contributed by atoms with Crippen LogP contribution in [0.15, 0.2) is 48.5 Å². The summed E-state index contributed by atoms with van der Waals surface area (Å²) in [6.45, 7) is 2.05. The summed E-state index contributed by atoms with van der Waals surface area (Å²) in [5, 5.41) is 6.88. The van der Waals surface area contributed by atoms with E-state index < -0.39 is 17.5 Å². The Bertz CT molecular complexity index is 905. The molecule has 2 aromatic carbocycles. The number of aromatic nitrogens is 2. The lowest BCUT2D eigenvalue weighted by molar-refractivity contribution is 0.102. The van der Waals surface area contributed by atoms with Crippen molar-refractivity contribution in [1.29, 1.82) is 0 Å². The molecule has 3 aromatic rings. The first-order chi connectivity index (χ1) is 11.9. The number of hydrogen-bond donors (Lipinski definition) is 1. The van der Waals surface area contributed by atoms with Gasteiger partial charge in [-0.1, -0.05) is 41.9 Å². The van der Waals surface area contributed by atoms with Gasteiger partial charge in [-0.15, -0.1) is 0 Å². The number of carbonyl (C=O) groups excluding carboxylic acids is 1. The van der Waals surface area contributed by atoms with E-state index in [1.807, 2.05) is 30.3 Å². The first kappa shape index (κ1) is 17.1. The van der Waals surface area contributed by atoms with Crippen LogP contribution in [0, 0.1) is 18.6 Å². The monoisotopic (exact) mass is 361 g/mol. The Kier molecular flexibility index (Phi) is 4.81. The fourth-order valence-electron chi connectivity index (χ4n) is 2.49. The van der Waals surface area contributed by atoms with E-state index in [0.29, 0.717) is 12.2 Å². The molecule has 0 saturated carbocycles. The molecule has 0 spiro atoms. The van der Waals surface area contributed by atoms with Crippen LogP contribution in [0.4, 0.5) is 14.5 Å². The molecular weight excluding hydrogens is 348 g/mol. The summed E-state index contributed by atoms with van der Waals surface area (Å²) in [7, 11) is 0. The number of nitrogens with zero attached hydrogens (tertiary/aromatic N) is 2. The lowest BCUT2D eigenvalue weighted by Gasteiger charge is -2.06. The van der Waals surface area contributed by atoms with Crippen molar-refractivity contribution in [3.63, 3.8) is 0 Å². The van der Waals surface area contributed by atoms with Crippen molar-refractivity contribution in [2.75, 3.05) is 5.32 Å². The predicted molar refractivity (Wildman–Crippen MR) is 91.8 cm³/mol. The molecule has 1 N–H and O–H groups in total. The third kappa shape index (κ3) is 3.85. The maximum Gasteiger partial charge on any atom is 0.260 e. The van der Waals surface area contributed by atoms with Gasteiger partial charge in [-0.2, -0.15) is 5.10 Å². The number of nitrogens with one attached hydrogen (secondary N) is 1. The Morgan fingerprint density at radius 2 is 1.80 bits per heavy atom. The van der Waals surface area contributed by atoms with E-state index in [-0.39, 0.29) is 16.4 Å². The summed E-state index contributed by atoms with van der Waals surface area (Å²) in [6, 6.07) is 12.3. The summed E-state index contributed by atoms with van der Waals surface area (Å²) >= 11 is 6.29. The van der Waals surface area contributed by atoms with Crippen LogP contribution < -0.4 is 5.32 Å². The largest absolute Gasteiger partial charge is 0.322 e. The van der Waals surface area contributed by atoms with Gasteiger partial charge in [0.2, 0.25) is 0 Å². The van der Waals surface area contributed by atoms with E-state index >= 15 is 0 Å². The minimum atomic E-state index is -0.780. The molecule has 3 rings (SSSR count). The average Bonchev–Trinajstić information content (AvgIpc) is 2.81. The van der Waals surface area contributed by atoms with Crippen molar-refractivity contribution < 1.29 is 13.6 Å². The van der Waals surface area contributed by atoms with Gasteiger partial charge in [-0.25, -0.2) is 13.5 Å². The second-order valence-corrected chi connectivity index (χ2v) is 5.86. The molecule has 0 aliphatic rings. The highest BCUT2D eigenvalue weighted by atomic mass is 35.5. The fourth-order valence-corrected chi connectivity index (χ4v) is 2.81. The van der Waals surface area contributed by atoms with Gasteiger partial charge in [0.15, 0.2) is 0 Å². The van der Waals surface area contributed by atoms with Gasteiger partial charge in [0.05, 0.1) is 17.8 Å². The molecule has 4 nitrogen and oxygen atoms in total. The Labute approximate surface area is 148 Å². The molecule has 0 saturated heterocycles. The summed E-state index contributed by atoms with van der Waals surface area (Å²) in [5.74, 6) is -2.14. The Morgan fingerprint density at radius 3 is 2.44 bits per heavy atom. The number of halogens is 3. The predicted octanol–water partition coefficient (Wildman–Crippen LogP) is 4.42. The van der Waals surface area contributed by atoms with Gasteiger partial charge < -0.3 is 5.32 Å². The third-order valence-electron chi connectivity index (χ3n) is 3.59. The molecule has 0 atom stereocenters. The zero-order valence-corrected chi connectivity index (χ0v) is 14.0. The van der Waals surface area contributed by atoms with Crippen LogP contribution >= 0.6 is 11.6 Å². The van der Waals surface area contributed by atoms with Gasteiger partial charge in [-0.05, 0) is 24.6 Å². The standard InChI is InChI=1S/C18H14ClF2N3O/c1-11-16(18(25)22-15-8-13(20)7-14(21)9-15)17(19)24(23-11)10-12-5-3-2-4-6-12/h2-9H,10H2,1H3,(H,22,25). The van der Waals surface area contributed by atoms with E-state index in [2.05, 4.69) is 10.4 Å². The molecule has 128 valence electrons. The van der Waals surface area contributed by atoms with Crippen molar-refractivity contribution in [2.45, 2.75) is 13.5 Å². The van der Waals surface area contributed by atoms with Gasteiger partial charge in [0.1, 0.15) is 16.8 Å². The molecule has 1 amide bonds. The van der Waals surface area contributed by atoms with E-state index in [1.54, 1.807) is 6.92 Å². The molecule has 0 bridgehead atoms. The van der Waals surface area contributed by atoms with Crippen molar-refractivity contribution in [3.05, 3.63) is 82.1 Å². The first-order valence-electron chi connectivity index (χ1n) is 7.48. The SMILES string of the molecule is Cc1nn(Cc2ccccc2)c(Cl)c1C(=O)Nc1cc(F)cc(F)c1. The fraction of sp³-hybridized carbons (Fsp3) is 0.111. The topological polar surface area (TPSA) is 46.9 Å². The molecule has 0 aliphatic carbocycles. The van der Waals surface area contributed by atoms with Crippen molar-refractivity contribution in [3.8, 4) is 0 Å². The van der Waals surface area contributed by atoms with Crippen LogP contribution in [0.1, 0.15) is 21.6 Å². The van der Waals surface area contributed by atoms with Crippen molar-refractivity contribution >= 4 is 23.2 Å². The van der Waals surface area contributed by atoms with Crippen molar-refractivity contribution in [1.82, 2.24) is 9.78 Å². The zero-order valence-electron chi connectivity index (χ0n) is 13.3. The third-order valence-corrected chi connectivity index (χ3v) is 3.97. The number of hydrogen-bond acceptors (Lipinski definition) is 2. The molecule has 1 aromatic heterocycles. The molecule has 0 aliphatic heterocycles. The highest BCUT2D eigenvalue weighted by Crippen LogP contribution is 2.23. The van der Waals surface area contributed by atoms with E-state index in [1.165, 1.54) is 4.68 Å². The van der Waals surface area contributed by atoms with Gasteiger partial charge in [-0.3, -0.25) is 4.79 Å². The number of anilines is 1. The minimum Gasteiger partial charge on any atom is -0.322 e. The lowest BCUT2D eigenvalue weighted by Crippen LogP contribution is -2.13. The molecule has 7 heteroatoms. The molecule has 25 heavy (non-hydrogen) atoms. The number of amides is 1. The van der Waals surface area contributed by atoms with Crippen LogP contribution in [-0.2, 0) is 6.54 Å². The molecule has 1 heterocycles. The zero-order chi connectivity index (χ0) is 18.0. The van der Waals surface area contributed by atoms with Crippen LogP contribution in [0.5, 0.6) is 0 Å². The van der Waals surface area contributed by atoms with Crippen LogP contribution in [0.25, 0.3) is 0 Å². The Morgan fingerprint density at radius 1 is 1.16 bits per heavy atom. The summed E-state index contributed by atoms with van der Waals surface area (Å²) in [4.78, 5) is 12.5. The Hall–Kier alpha value is -2.73. The van der Waals surface area contributed by atoms with E-state index in [9.17, 15) is 13.6 Å². The number of aryl methyl sites for hydroxylation is 1. The second kappa shape index (κ2) is 7.03. The van der Waals surface area contributed by atoms with Crippen LogP contribution in [0.2, 0.25) is 5.15 Å². The first-order valence-corrected chi connectivity index (χ1v) is 7.86. The maximum absolute atomic E-state index is 13.3. The number of benzene rings is 2. The summed E-state index contributed by atoms with van der Waals surface area (Å²) < 4.78 is 28.0. The van der Waals surface area contributed by atoms with Gasteiger partial charge in [0, 0.05) is 11.8 Å². The quantitative estimate of drug-likeness (QED) is 0.747. The summed E-state index contributed by atoms with van der Waals surface area (Å²) in [6.07, 6.45) is 0. The van der Waals surface area contributed by atoms with Crippen LogP contribution in [0.3, 0.4) is 0 Å². The van der Waals surface area contributed by atoms with Crippen molar-refractivity contribution in [2.24, 2.45) is 0 Å². The highest BCUT2D eigenvalue weighted by molar-refractivity contribution is 6.33. The minimum absolute atomic E-state index is 0.00813. The smallest absolute Gasteiger partial charge is 0.260 e. The van der Waals surface area contributed by atoms with Gasteiger partial charge in [0.25, 0.3) is 5.91 Å². The van der Waals surface area contributed by atoms with Gasteiger partial charge >= 0.3 is 0 Å². The highest BCUT2D eigenvalue weighted by Gasteiger charge is 2.21. The Balaban J connectivity index is 1.85. The van der Waals surface area contributed by atoms with E-state index in [0.717, 1.165) is 23.8 Å². The van der Waals surface area contributed by atoms with Crippen LogP contribution in [-0.4, -0.2) is 15.7 Å². The molecule has 0 radical (unpaired) electrons. The molecule has 0 fully saturated rings. The van der Waals surface area contributed by atoms with E-state index in [4.69, 9.17) is 11.6 Å². The second-order valence-electron chi connectivity index (χ2n) is 5.51. The average molecular weight is 362 g/mol. The maximum atomic E-state index is 13.3. The lowest BCUT2D eigenvalue weighted by atomic mass is 10.2. The summed E-state index contributed by atoms with van der Waals surface area (Å²) in [5.41, 5.74) is 1.58. The number of carbonyl (C=O) groups is 1. The normalized spacial score (nSPS) is 10.7. The number of rotatable bonds is 4. The molecule has 0 unspecified atom stereocenters. The molecular formula is C18H14ClF2N3O.